The maximum Gasteiger partial charge on any atom is 0.273 e. The predicted molar refractivity (Wildman–Crippen MR) is 112 cm³/mol. The summed E-state index contributed by atoms with van der Waals surface area (Å²) in [5, 5.41) is 22.2. The molecule has 0 aliphatic heterocycles. The molecule has 0 aliphatic carbocycles. The highest BCUT2D eigenvalue weighted by atomic mass is 35.5. The van der Waals surface area contributed by atoms with Crippen LogP contribution in [-0.4, -0.2) is 26.9 Å². The highest BCUT2D eigenvalue weighted by Gasteiger charge is 2.12. The van der Waals surface area contributed by atoms with Crippen molar-refractivity contribution in [3.8, 4) is 5.75 Å². The molecule has 2 aromatic carbocycles. The van der Waals surface area contributed by atoms with E-state index in [2.05, 4.69) is 15.7 Å². The largest absolute Gasteiger partial charge is 0.494 e. The molecule has 0 unspecified atom stereocenters. The van der Waals surface area contributed by atoms with E-state index < -0.39 is 4.92 Å². The Balaban J connectivity index is 1.63. The molecule has 1 aromatic heterocycles. The zero-order valence-corrected chi connectivity index (χ0v) is 16.3. The van der Waals surface area contributed by atoms with Gasteiger partial charge in [-0.05, 0) is 36.0 Å². The third-order valence-corrected chi connectivity index (χ3v) is 4.24. The molecule has 1 heterocycles. The van der Waals surface area contributed by atoms with Gasteiger partial charge in [-0.1, -0.05) is 23.7 Å². The summed E-state index contributed by atoms with van der Waals surface area (Å²) in [4.78, 5) is 10.4. The molecule has 0 aliphatic rings. The van der Waals surface area contributed by atoms with Crippen molar-refractivity contribution < 1.29 is 9.66 Å². The van der Waals surface area contributed by atoms with Gasteiger partial charge in [0.1, 0.15) is 5.75 Å². The number of rotatable bonds is 6. The first kappa shape index (κ1) is 19.6. The van der Waals surface area contributed by atoms with Crippen molar-refractivity contribution in [1.29, 1.82) is 0 Å². The summed E-state index contributed by atoms with van der Waals surface area (Å²) >= 11 is 11.2. The molecule has 0 bridgehead atoms. The van der Waals surface area contributed by atoms with Crippen LogP contribution in [0.4, 0.5) is 17.2 Å². The lowest BCUT2D eigenvalue weighted by molar-refractivity contribution is -0.384. The number of methoxy groups -OCH3 is 1. The Labute approximate surface area is 171 Å². The molecular formula is C18H16ClN5O3S. The summed E-state index contributed by atoms with van der Waals surface area (Å²) in [6, 6.07) is 13.5. The van der Waals surface area contributed by atoms with Gasteiger partial charge >= 0.3 is 0 Å². The molecule has 0 spiro atoms. The van der Waals surface area contributed by atoms with Crippen molar-refractivity contribution in [2.45, 2.75) is 6.54 Å². The van der Waals surface area contributed by atoms with Gasteiger partial charge in [-0.25, -0.2) is 0 Å². The molecule has 0 saturated heterocycles. The van der Waals surface area contributed by atoms with E-state index in [9.17, 15) is 10.1 Å². The van der Waals surface area contributed by atoms with Crippen molar-refractivity contribution >= 4 is 46.1 Å². The topological polar surface area (TPSA) is 94.3 Å². The van der Waals surface area contributed by atoms with Crippen LogP contribution in [0.25, 0.3) is 0 Å². The number of nitro benzene ring substituents is 1. The van der Waals surface area contributed by atoms with E-state index in [4.69, 9.17) is 28.6 Å². The maximum atomic E-state index is 10.9. The lowest BCUT2D eigenvalue weighted by Gasteiger charge is -2.12. The van der Waals surface area contributed by atoms with Crippen LogP contribution in [-0.2, 0) is 6.54 Å². The molecule has 144 valence electrons. The van der Waals surface area contributed by atoms with E-state index in [0.717, 1.165) is 5.56 Å². The molecular weight excluding hydrogens is 402 g/mol. The number of non-ortho nitro benzene ring substituents is 1. The number of aromatic nitrogens is 2. The van der Waals surface area contributed by atoms with Gasteiger partial charge in [-0.15, -0.1) is 0 Å². The number of nitro groups is 1. The normalized spacial score (nSPS) is 10.4. The number of hydrogen-bond acceptors (Lipinski definition) is 5. The summed E-state index contributed by atoms with van der Waals surface area (Å²) in [5.74, 6) is 0.874. The van der Waals surface area contributed by atoms with Crippen LogP contribution in [0.2, 0.25) is 5.02 Å². The molecule has 10 heteroatoms. The number of halogens is 1. The molecule has 0 saturated carbocycles. The van der Waals surface area contributed by atoms with E-state index in [-0.39, 0.29) is 10.8 Å². The summed E-state index contributed by atoms with van der Waals surface area (Å²) < 4.78 is 6.95. The number of anilines is 2. The molecule has 0 amide bonds. The Morgan fingerprint density at radius 2 is 2.00 bits per heavy atom. The zero-order chi connectivity index (χ0) is 20.1. The third-order valence-electron chi connectivity index (χ3n) is 3.78. The van der Waals surface area contributed by atoms with E-state index in [1.54, 1.807) is 10.7 Å². The zero-order valence-electron chi connectivity index (χ0n) is 14.8. The summed E-state index contributed by atoms with van der Waals surface area (Å²) in [6.07, 6.45) is 1.83. The molecule has 0 atom stereocenters. The minimum Gasteiger partial charge on any atom is -0.494 e. The van der Waals surface area contributed by atoms with E-state index in [0.29, 0.717) is 28.8 Å². The Morgan fingerprint density at radius 3 is 2.68 bits per heavy atom. The van der Waals surface area contributed by atoms with Crippen LogP contribution in [0, 0.1) is 10.1 Å². The number of benzene rings is 2. The fourth-order valence-corrected chi connectivity index (χ4v) is 2.80. The predicted octanol–water partition coefficient (Wildman–Crippen LogP) is 4.31. The van der Waals surface area contributed by atoms with Crippen LogP contribution in [0.15, 0.2) is 54.7 Å². The van der Waals surface area contributed by atoms with Gasteiger partial charge in [0.05, 0.1) is 30.3 Å². The number of nitrogens with zero attached hydrogens (tertiary/aromatic N) is 3. The van der Waals surface area contributed by atoms with Crippen molar-refractivity contribution in [2.75, 3.05) is 17.7 Å². The van der Waals surface area contributed by atoms with Gasteiger partial charge in [-0.3, -0.25) is 14.8 Å². The van der Waals surface area contributed by atoms with Gasteiger partial charge < -0.3 is 15.4 Å². The van der Waals surface area contributed by atoms with Crippen molar-refractivity contribution in [3.63, 3.8) is 0 Å². The van der Waals surface area contributed by atoms with Crippen molar-refractivity contribution in [2.24, 2.45) is 0 Å². The molecule has 28 heavy (non-hydrogen) atoms. The molecule has 8 nitrogen and oxygen atoms in total. The molecule has 3 rings (SSSR count). The van der Waals surface area contributed by atoms with Gasteiger partial charge in [0.15, 0.2) is 10.9 Å². The second-order valence-electron chi connectivity index (χ2n) is 5.75. The first-order valence-corrected chi connectivity index (χ1v) is 8.91. The number of thiocarbonyl (C=S) groups is 1. The van der Waals surface area contributed by atoms with Crippen LogP contribution in [0.5, 0.6) is 5.75 Å². The Morgan fingerprint density at radius 1 is 1.25 bits per heavy atom. The van der Waals surface area contributed by atoms with E-state index in [1.165, 1.54) is 25.3 Å². The minimum absolute atomic E-state index is 0.0674. The maximum absolute atomic E-state index is 10.9. The average molecular weight is 418 g/mol. The van der Waals surface area contributed by atoms with Crippen LogP contribution >= 0.6 is 23.8 Å². The van der Waals surface area contributed by atoms with Crippen LogP contribution in [0.1, 0.15) is 5.56 Å². The Bertz CT molecular complexity index is 1010. The summed E-state index contributed by atoms with van der Waals surface area (Å²) in [6.45, 7) is 0.592. The molecule has 0 radical (unpaired) electrons. The van der Waals surface area contributed by atoms with Crippen molar-refractivity contribution in [1.82, 2.24) is 9.78 Å². The summed E-state index contributed by atoms with van der Waals surface area (Å²) in [5.41, 5.74) is 1.50. The second-order valence-corrected chi connectivity index (χ2v) is 6.59. The van der Waals surface area contributed by atoms with Crippen LogP contribution in [0.3, 0.4) is 0 Å². The lowest BCUT2D eigenvalue weighted by Crippen LogP contribution is -2.20. The SMILES string of the molecule is COc1cc([N+](=O)[O-])ccc1NC(=S)Nc1ccn(Cc2ccc(Cl)cc2)n1. The number of hydrogen-bond donors (Lipinski definition) is 2. The fraction of sp³-hybridized carbons (Fsp3) is 0.111. The van der Waals surface area contributed by atoms with E-state index >= 15 is 0 Å². The monoisotopic (exact) mass is 417 g/mol. The highest BCUT2D eigenvalue weighted by molar-refractivity contribution is 7.80. The number of nitrogens with one attached hydrogen (secondary N) is 2. The standard InChI is InChI=1S/C18H16ClN5O3S/c1-27-16-10-14(24(25)26)6-7-15(16)20-18(28)21-17-8-9-23(22-17)11-12-2-4-13(19)5-3-12/h2-10H,11H2,1H3,(H2,20,21,22,28). The lowest BCUT2D eigenvalue weighted by atomic mass is 10.2. The van der Waals surface area contributed by atoms with Gasteiger partial charge in [-0.2, -0.15) is 5.10 Å². The first-order chi connectivity index (χ1) is 13.4. The Hall–Kier alpha value is -3.17. The first-order valence-electron chi connectivity index (χ1n) is 8.13. The van der Waals surface area contributed by atoms with Gasteiger partial charge in [0.2, 0.25) is 0 Å². The minimum atomic E-state index is -0.490. The quantitative estimate of drug-likeness (QED) is 0.350. The van der Waals surface area contributed by atoms with Crippen molar-refractivity contribution in [3.05, 3.63) is 75.4 Å². The second kappa shape index (κ2) is 8.68. The highest BCUT2D eigenvalue weighted by Crippen LogP contribution is 2.29. The Kier molecular flexibility index (Phi) is 6.07. The summed E-state index contributed by atoms with van der Waals surface area (Å²) in [7, 11) is 1.43. The molecule has 0 fully saturated rings. The third kappa shape index (κ3) is 4.96. The molecule has 2 N–H and O–H groups in total. The molecule has 3 aromatic rings. The van der Waals surface area contributed by atoms with Gasteiger partial charge in [0.25, 0.3) is 5.69 Å². The van der Waals surface area contributed by atoms with Crippen LogP contribution < -0.4 is 15.4 Å². The van der Waals surface area contributed by atoms with Gasteiger partial charge in [0, 0.05) is 23.4 Å². The van der Waals surface area contributed by atoms with E-state index in [1.807, 2.05) is 30.5 Å². The number of ether oxygens (including phenoxy) is 1. The smallest absolute Gasteiger partial charge is 0.273 e. The fourth-order valence-electron chi connectivity index (χ4n) is 2.46. The average Bonchev–Trinajstić information content (AvgIpc) is 3.10.